The first-order valence-electron chi connectivity index (χ1n) is 9.00. The Hall–Kier alpha value is -1.58. The Kier molecular flexibility index (Phi) is 6.28. The molecule has 0 bridgehead atoms. The van der Waals surface area contributed by atoms with Crippen LogP contribution in [0.1, 0.15) is 48.5 Å². The molecule has 10 nitrogen and oxygen atoms in total. The van der Waals surface area contributed by atoms with Crippen LogP contribution in [0.4, 0.5) is 4.79 Å². The Morgan fingerprint density at radius 1 is 1.26 bits per heavy atom. The molecule has 10 heteroatoms. The third-order valence-corrected chi connectivity index (χ3v) is 3.99. The summed E-state index contributed by atoms with van der Waals surface area (Å²) in [6, 6.07) is -0.707. The molecule has 2 saturated heterocycles. The quantitative estimate of drug-likeness (QED) is 0.440. The number of nitrogens with zero attached hydrogens (tertiary/aromatic N) is 3. The summed E-state index contributed by atoms with van der Waals surface area (Å²) in [4.78, 5) is 14.8. The van der Waals surface area contributed by atoms with Crippen LogP contribution >= 0.6 is 0 Å². The van der Waals surface area contributed by atoms with Gasteiger partial charge in [0.1, 0.15) is 23.9 Å². The molecule has 2 aliphatic rings. The van der Waals surface area contributed by atoms with Gasteiger partial charge < -0.3 is 29.0 Å². The number of hydrogen-bond donors (Lipinski definition) is 1. The van der Waals surface area contributed by atoms with Crippen molar-refractivity contribution >= 4 is 6.09 Å². The Bertz CT molecular complexity index is 597. The molecule has 4 atom stereocenters. The van der Waals surface area contributed by atoms with Crippen LogP contribution in [0.3, 0.4) is 0 Å². The van der Waals surface area contributed by atoms with Gasteiger partial charge in [-0.2, -0.15) is 0 Å². The molecule has 1 N–H and O–H groups in total. The lowest BCUT2D eigenvalue weighted by molar-refractivity contribution is -0.174. The molecular formula is C17H30N4O6. The molecule has 0 radical (unpaired) electrons. The minimum Gasteiger partial charge on any atom is -0.444 e. The molecule has 1 amide bonds. The fraction of sp³-hybridized carbons (Fsp3) is 0.941. The van der Waals surface area contributed by atoms with Crippen molar-refractivity contribution in [2.24, 2.45) is 5.11 Å². The van der Waals surface area contributed by atoms with Gasteiger partial charge in [-0.1, -0.05) is 5.11 Å². The van der Waals surface area contributed by atoms with E-state index in [1.54, 1.807) is 34.6 Å². The summed E-state index contributed by atoms with van der Waals surface area (Å²) in [7, 11) is 0. The Morgan fingerprint density at radius 2 is 1.93 bits per heavy atom. The van der Waals surface area contributed by atoms with Crippen molar-refractivity contribution in [2.45, 2.75) is 90.0 Å². The lowest BCUT2D eigenvalue weighted by atomic mass is 10.0. The SMILES string of the molecule is CC(C)(C)OC(=O)NC[C@@H](N=[N+]=[N-])[C@H]1OC(C)(C)O[C@@H]1[C@H]1COC(C)(C)O1. The molecule has 27 heavy (non-hydrogen) atoms. The first-order chi connectivity index (χ1) is 12.3. The van der Waals surface area contributed by atoms with Crippen molar-refractivity contribution in [3.8, 4) is 0 Å². The van der Waals surface area contributed by atoms with Crippen LogP contribution in [0.15, 0.2) is 5.11 Å². The maximum Gasteiger partial charge on any atom is 0.407 e. The zero-order valence-corrected chi connectivity index (χ0v) is 17.0. The number of carbonyl (C=O) groups excluding carboxylic acids is 1. The van der Waals surface area contributed by atoms with Crippen LogP contribution in [0.2, 0.25) is 0 Å². The number of alkyl carbamates (subject to hydrolysis) is 1. The zero-order valence-electron chi connectivity index (χ0n) is 17.0. The van der Waals surface area contributed by atoms with E-state index in [0.29, 0.717) is 6.61 Å². The molecule has 2 fully saturated rings. The van der Waals surface area contributed by atoms with E-state index in [9.17, 15) is 4.79 Å². The molecule has 0 aromatic rings. The van der Waals surface area contributed by atoms with Gasteiger partial charge in [-0.25, -0.2) is 4.79 Å². The molecule has 0 unspecified atom stereocenters. The lowest BCUT2D eigenvalue weighted by Gasteiger charge is -2.27. The Morgan fingerprint density at radius 3 is 2.44 bits per heavy atom. The molecule has 0 aromatic carbocycles. The second kappa shape index (κ2) is 7.81. The average Bonchev–Trinajstić information content (AvgIpc) is 3.00. The topological polar surface area (TPSA) is 124 Å². The summed E-state index contributed by atoms with van der Waals surface area (Å²) < 4.78 is 28.7. The molecule has 0 saturated carbocycles. The molecule has 0 aromatic heterocycles. The third-order valence-electron chi connectivity index (χ3n) is 3.99. The predicted octanol–water partition coefficient (Wildman–Crippen LogP) is 2.86. The van der Waals surface area contributed by atoms with Gasteiger partial charge in [0.25, 0.3) is 0 Å². The van der Waals surface area contributed by atoms with Gasteiger partial charge in [0.2, 0.25) is 0 Å². The van der Waals surface area contributed by atoms with Crippen LogP contribution in [-0.4, -0.2) is 60.8 Å². The summed E-state index contributed by atoms with van der Waals surface area (Å²) in [5.41, 5.74) is 8.35. The lowest BCUT2D eigenvalue weighted by Crippen LogP contribution is -2.47. The van der Waals surface area contributed by atoms with E-state index in [-0.39, 0.29) is 12.6 Å². The maximum absolute atomic E-state index is 11.9. The zero-order chi connectivity index (χ0) is 20.5. The van der Waals surface area contributed by atoms with E-state index < -0.39 is 41.5 Å². The highest BCUT2D eigenvalue weighted by Crippen LogP contribution is 2.37. The number of hydrogen-bond acceptors (Lipinski definition) is 7. The number of ether oxygens (including phenoxy) is 5. The molecule has 2 aliphatic heterocycles. The van der Waals surface area contributed by atoms with Gasteiger partial charge in [-0.3, -0.25) is 0 Å². The molecule has 0 aliphatic carbocycles. The highest BCUT2D eigenvalue weighted by Gasteiger charge is 2.52. The monoisotopic (exact) mass is 386 g/mol. The minimum absolute atomic E-state index is 0.0382. The van der Waals surface area contributed by atoms with Crippen molar-refractivity contribution in [2.75, 3.05) is 13.2 Å². The summed E-state index contributed by atoms with van der Waals surface area (Å²) >= 11 is 0. The van der Waals surface area contributed by atoms with Gasteiger partial charge in [0.05, 0.1) is 12.6 Å². The van der Waals surface area contributed by atoms with Crippen molar-refractivity contribution in [3.05, 3.63) is 10.4 Å². The first-order valence-corrected chi connectivity index (χ1v) is 9.00. The van der Waals surface area contributed by atoms with E-state index >= 15 is 0 Å². The van der Waals surface area contributed by atoms with E-state index in [2.05, 4.69) is 15.3 Å². The average molecular weight is 386 g/mol. The van der Waals surface area contributed by atoms with E-state index in [4.69, 9.17) is 29.2 Å². The number of azide groups is 1. The smallest absolute Gasteiger partial charge is 0.407 e. The highest BCUT2D eigenvalue weighted by atomic mass is 16.8. The second-order valence-electron chi connectivity index (χ2n) is 8.59. The van der Waals surface area contributed by atoms with E-state index in [1.165, 1.54) is 0 Å². The molecular weight excluding hydrogens is 356 g/mol. The summed E-state index contributed by atoms with van der Waals surface area (Å²) in [5.74, 6) is -1.62. The highest BCUT2D eigenvalue weighted by molar-refractivity contribution is 5.67. The summed E-state index contributed by atoms with van der Waals surface area (Å²) in [6.45, 7) is 12.8. The van der Waals surface area contributed by atoms with Crippen LogP contribution in [0.5, 0.6) is 0 Å². The molecule has 154 valence electrons. The minimum atomic E-state index is -0.888. The van der Waals surface area contributed by atoms with Crippen LogP contribution in [0, 0.1) is 0 Å². The molecule has 2 rings (SSSR count). The third kappa shape index (κ3) is 6.22. The molecule has 0 spiro atoms. The number of amides is 1. The van der Waals surface area contributed by atoms with Gasteiger partial charge in [0, 0.05) is 11.5 Å². The van der Waals surface area contributed by atoms with Gasteiger partial charge in [-0.05, 0) is 54.0 Å². The predicted molar refractivity (Wildman–Crippen MR) is 95.9 cm³/mol. The van der Waals surface area contributed by atoms with Gasteiger partial charge in [-0.15, -0.1) is 0 Å². The number of nitrogens with one attached hydrogen (secondary N) is 1. The summed E-state index contributed by atoms with van der Waals surface area (Å²) in [6.07, 6.45) is -2.12. The van der Waals surface area contributed by atoms with Crippen LogP contribution < -0.4 is 5.32 Å². The van der Waals surface area contributed by atoms with Crippen molar-refractivity contribution in [3.63, 3.8) is 0 Å². The fourth-order valence-electron chi connectivity index (χ4n) is 3.07. The van der Waals surface area contributed by atoms with Gasteiger partial charge >= 0.3 is 6.09 Å². The number of carbonyl (C=O) groups is 1. The van der Waals surface area contributed by atoms with Crippen molar-refractivity contribution in [1.82, 2.24) is 5.32 Å². The normalized spacial score (nSPS) is 30.4. The second-order valence-corrected chi connectivity index (χ2v) is 8.59. The van der Waals surface area contributed by atoms with Crippen LogP contribution in [-0.2, 0) is 23.7 Å². The van der Waals surface area contributed by atoms with Gasteiger partial charge in [0.15, 0.2) is 11.6 Å². The molecule has 2 heterocycles. The van der Waals surface area contributed by atoms with Crippen molar-refractivity contribution in [1.29, 1.82) is 0 Å². The first kappa shape index (κ1) is 21.7. The van der Waals surface area contributed by atoms with Crippen molar-refractivity contribution < 1.29 is 28.5 Å². The summed E-state index contributed by atoms with van der Waals surface area (Å²) in [5, 5.41) is 6.43. The van der Waals surface area contributed by atoms with E-state index in [1.807, 2.05) is 13.8 Å². The Balaban J connectivity index is 2.10. The fourth-order valence-corrected chi connectivity index (χ4v) is 3.07. The maximum atomic E-state index is 11.9. The number of rotatable bonds is 5. The Labute approximate surface area is 159 Å². The largest absolute Gasteiger partial charge is 0.444 e. The van der Waals surface area contributed by atoms with E-state index in [0.717, 1.165) is 0 Å². The van der Waals surface area contributed by atoms with Crippen LogP contribution in [0.25, 0.3) is 10.4 Å². The standard InChI is InChI=1S/C17H30N4O6/c1-15(2,3)27-14(22)19-8-10(20-21-18)12-13(26-17(6,7)25-12)11-9-23-16(4,5)24-11/h10-13H,8-9H2,1-7H3,(H,19,22)/t10-,11-,12-,13-/m1/s1.